The number of benzene rings is 1. The van der Waals surface area contributed by atoms with Gasteiger partial charge >= 0.3 is 0 Å². The summed E-state index contributed by atoms with van der Waals surface area (Å²) in [6, 6.07) is 8.27. The largest absolute Gasteiger partial charge is 0.424 e. The van der Waals surface area contributed by atoms with Crippen LogP contribution in [0.25, 0.3) is 0 Å². The van der Waals surface area contributed by atoms with Gasteiger partial charge in [-0.05, 0) is 25.5 Å². The smallest absolute Gasteiger partial charge is 0.229 e. The minimum absolute atomic E-state index is 0.188. The summed E-state index contributed by atoms with van der Waals surface area (Å²) < 4.78 is 6.60. The molecule has 2 atom stereocenters. The lowest BCUT2D eigenvalue weighted by Crippen LogP contribution is -1.95. The fraction of sp³-hybridized carbons (Fsp3) is 0.385. The maximum Gasteiger partial charge on any atom is 0.229 e. The molecular weight excluding hydrogens is 312 g/mol. The van der Waals surface area contributed by atoms with Gasteiger partial charge in [-0.15, -0.1) is 22.0 Å². The Kier molecular flexibility index (Phi) is 4.45. The van der Waals surface area contributed by atoms with Crippen molar-refractivity contribution in [2.24, 2.45) is 0 Å². The Hall–Kier alpha value is -0.810. The molecule has 0 N–H and O–H groups in total. The summed E-state index contributed by atoms with van der Waals surface area (Å²) in [5, 5.41) is 8.48. The summed E-state index contributed by atoms with van der Waals surface area (Å²) in [7, 11) is 0. The second-order valence-electron chi connectivity index (χ2n) is 4.10. The van der Waals surface area contributed by atoms with Gasteiger partial charge in [0.15, 0.2) is 0 Å². The normalized spacial score (nSPS) is 14.4. The molecule has 0 spiro atoms. The van der Waals surface area contributed by atoms with Gasteiger partial charge in [0.2, 0.25) is 11.8 Å². The third-order valence-corrected chi connectivity index (χ3v) is 4.64. The standard InChI is InChI=1S/C13H15BrN2OS/c1-8(11-6-4-5-7-12(11)14)18-9(2)13-16-15-10(3)17-13/h4-9H,1-3H3/t8-,9+/m0/s1. The zero-order chi connectivity index (χ0) is 13.1. The second kappa shape index (κ2) is 5.89. The van der Waals surface area contributed by atoms with E-state index in [1.165, 1.54) is 5.56 Å². The first-order valence-corrected chi connectivity index (χ1v) is 7.51. The van der Waals surface area contributed by atoms with Crippen LogP contribution in [0.15, 0.2) is 33.2 Å². The van der Waals surface area contributed by atoms with Crippen molar-refractivity contribution in [1.82, 2.24) is 10.2 Å². The van der Waals surface area contributed by atoms with Crippen LogP contribution in [0.4, 0.5) is 0 Å². The van der Waals surface area contributed by atoms with Crippen LogP contribution in [-0.4, -0.2) is 10.2 Å². The van der Waals surface area contributed by atoms with Gasteiger partial charge in [0.05, 0.1) is 5.25 Å². The van der Waals surface area contributed by atoms with E-state index >= 15 is 0 Å². The molecule has 1 aromatic carbocycles. The molecule has 0 aliphatic carbocycles. The maximum absolute atomic E-state index is 5.46. The highest BCUT2D eigenvalue weighted by Crippen LogP contribution is 2.41. The number of thioether (sulfide) groups is 1. The number of hydrogen-bond acceptors (Lipinski definition) is 4. The molecular formula is C13H15BrN2OS. The molecule has 0 aliphatic heterocycles. The van der Waals surface area contributed by atoms with E-state index in [-0.39, 0.29) is 5.25 Å². The number of rotatable bonds is 4. The summed E-state index contributed by atoms with van der Waals surface area (Å²) in [5.74, 6) is 1.31. The molecule has 0 unspecified atom stereocenters. The van der Waals surface area contributed by atoms with Crippen LogP contribution >= 0.6 is 27.7 Å². The van der Waals surface area contributed by atoms with Crippen molar-refractivity contribution in [3.05, 3.63) is 46.1 Å². The number of hydrogen-bond donors (Lipinski definition) is 0. The first kappa shape index (κ1) is 13.6. The van der Waals surface area contributed by atoms with Crippen LogP contribution in [0, 0.1) is 6.92 Å². The molecule has 0 amide bonds. The van der Waals surface area contributed by atoms with E-state index in [9.17, 15) is 0 Å². The van der Waals surface area contributed by atoms with Gasteiger partial charge in [-0.2, -0.15) is 0 Å². The van der Waals surface area contributed by atoms with Crippen LogP contribution in [0.2, 0.25) is 0 Å². The number of nitrogens with zero attached hydrogens (tertiary/aromatic N) is 2. The molecule has 18 heavy (non-hydrogen) atoms. The molecule has 2 rings (SSSR count). The molecule has 5 heteroatoms. The third kappa shape index (κ3) is 3.14. The first-order chi connectivity index (χ1) is 8.58. The molecule has 2 aromatic rings. The van der Waals surface area contributed by atoms with E-state index < -0.39 is 0 Å². The van der Waals surface area contributed by atoms with E-state index in [1.54, 1.807) is 11.8 Å². The van der Waals surface area contributed by atoms with E-state index in [0.717, 1.165) is 4.47 Å². The van der Waals surface area contributed by atoms with E-state index in [4.69, 9.17) is 4.42 Å². The van der Waals surface area contributed by atoms with Crippen LogP contribution in [0.1, 0.15) is 41.7 Å². The van der Waals surface area contributed by atoms with Gasteiger partial charge in [-0.3, -0.25) is 0 Å². The molecule has 0 saturated heterocycles. The Labute approximate surface area is 120 Å². The minimum atomic E-state index is 0.188. The van der Waals surface area contributed by atoms with Crippen molar-refractivity contribution in [3.63, 3.8) is 0 Å². The quantitative estimate of drug-likeness (QED) is 0.816. The fourth-order valence-corrected chi connectivity index (χ4v) is 3.67. The summed E-state index contributed by atoms with van der Waals surface area (Å²) in [6.45, 7) is 6.08. The molecule has 0 aliphatic rings. The van der Waals surface area contributed by atoms with Gasteiger partial charge in [0.1, 0.15) is 0 Å². The summed E-state index contributed by atoms with van der Waals surface area (Å²) in [4.78, 5) is 0. The van der Waals surface area contributed by atoms with Crippen molar-refractivity contribution >= 4 is 27.7 Å². The topological polar surface area (TPSA) is 38.9 Å². The average molecular weight is 327 g/mol. The van der Waals surface area contributed by atoms with Crippen LogP contribution in [-0.2, 0) is 0 Å². The van der Waals surface area contributed by atoms with Gasteiger partial charge in [-0.1, -0.05) is 34.1 Å². The Balaban J connectivity index is 2.08. The molecule has 0 fully saturated rings. The molecule has 0 bridgehead atoms. The predicted octanol–water partition coefficient (Wildman–Crippen LogP) is 4.70. The summed E-state index contributed by atoms with van der Waals surface area (Å²) in [6.07, 6.45) is 0. The summed E-state index contributed by atoms with van der Waals surface area (Å²) in [5.41, 5.74) is 1.28. The van der Waals surface area contributed by atoms with Gasteiger partial charge in [-0.25, -0.2) is 0 Å². The zero-order valence-corrected chi connectivity index (χ0v) is 13.0. The zero-order valence-electron chi connectivity index (χ0n) is 10.6. The molecule has 1 heterocycles. The van der Waals surface area contributed by atoms with Crippen LogP contribution in [0.5, 0.6) is 0 Å². The van der Waals surface area contributed by atoms with Crippen molar-refractivity contribution in [1.29, 1.82) is 0 Å². The average Bonchev–Trinajstić information content (AvgIpc) is 2.76. The molecule has 1 aromatic heterocycles. The number of aromatic nitrogens is 2. The minimum Gasteiger partial charge on any atom is -0.424 e. The van der Waals surface area contributed by atoms with Gasteiger partial charge < -0.3 is 4.42 Å². The van der Waals surface area contributed by atoms with E-state index in [1.807, 2.05) is 13.0 Å². The summed E-state index contributed by atoms with van der Waals surface area (Å²) >= 11 is 5.39. The maximum atomic E-state index is 5.46. The van der Waals surface area contributed by atoms with Crippen molar-refractivity contribution in [2.75, 3.05) is 0 Å². The Morgan fingerprint density at radius 1 is 1.17 bits per heavy atom. The van der Waals surface area contributed by atoms with Gasteiger partial charge in [0, 0.05) is 16.6 Å². The van der Waals surface area contributed by atoms with Crippen LogP contribution < -0.4 is 0 Å². The Bertz CT molecular complexity index is 529. The van der Waals surface area contributed by atoms with Crippen molar-refractivity contribution in [2.45, 2.75) is 31.3 Å². The highest BCUT2D eigenvalue weighted by molar-refractivity contribution is 9.10. The monoisotopic (exact) mass is 326 g/mol. The van der Waals surface area contributed by atoms with Gasteiger partial charge in [0.25, 0.3) is 0 Å². The van der Waals surface area contributed by atoms with Crippen LogP contribution in [0.3, 0.4) is 0 Å². The fourth-order valence-electron chi connectivity index (χ4n) is 1.72. The Morgan fingerprint density at radius 2 is 1.89 bits per heavy atom. The van der Waals surface area contributed by atoms with Crippen molar-refractivity contribution < 1.29 is 4.42 Å². The first-order valence-electron chi connectivity index (χ1n) is 5.78. The highest BCUT2D eigenvalue weighted by Gasteiger charge is 2.18. The lowest BCUT2D eigenvalue weighted by atomic mass is 10.2. The number of halogens is 1. The SMILES string of the molecule is Cc1nnc([C@@H](C)S[C@@H](C)c2ccccc2Br)o1. The van der Waals surface area contributed by atoms with E-state index in [2.05, 4.69) is 58.2 Å². The Morgan fingerprint density at radius 3 is 2.50 bits per heavy atom. The molecule has 96 valence electrons. The molecule has 0 radical (unpaired) electrons. The lowest BCUT2D eigenvalue weighted by molar-refractivity contribution is 0.470. The molecule has 3 nitrogen and oxygen atoms in total. The molecule has 0 saturated carbocycles. The third-order valence-electron chi connectivity index (χ3n) is 2.64. The number of aryl methyl sites for hydroxylation is 1. The predicted molar refractivity (Wildman–Crippen MR) is 77.6 cm³/mol. The van der Waals surface area contributed by atoms with Crippen molar-refractivity contribution in [3.8, 4) is 0 Å². The highest BCUT2D eigenvalue weighted by atomic mass is 79.9. The van der Waals surface area contributed by atoms with E-state index in [0.29, 0.717) is 17.0 Å². The second-order valence-corrected chi connectivity index (χ2v) is 6.64. The lowest BCUT2D eigenvalue weighted by Gasteiger charge is -2.16.